The molecule has 2 N–H and O–H groups in total. The summed E-state index contributed by atoms with van der Waals surface area (Å²) in [6.45, 7) is 0. The molecule has 10 heteroatoms. The largest absolute Gasteiger partial charge is 0.322 e. The molecule has 0 fully saturated rings. The van der Waals surface area contributed by atoms with Crippen LogP contribution in [0.25, 0.3) is 11.1 Å². The molecule has 2 aliphatic carbocycles. The van der Waals surface area contributed by atoms with E-state index in [0.29, 0.717) is 22.5 Å². The molecule has 2 aliphatic rings. The molecule has 0 unspecified atom stereocenters. The molecule has 168 valence electrons. The van der Waals surface area contributed by atoms with Crippen molar-refractivity contribution < 1.29 is 19.4 Å². The smallest absolute Gasteiger partial charge is 0.269 e. The number of carbonyl (C=O) groups is 2. The highest BCUT2D eigenvalue weighted by atomic mass is 16.6. The van der Waals surface area contributed by atoms with Gasteiger partial charge >= 0.3 is 0 Å². The minimum absolute atomic E-state index is 0.103. The second-order valence-electron chi connectivity index (χ2n) is 7.23. The van der Waals surface area contributed by atoms with Crippen LogP contribution in [0.15, 0.2) is 84.9 Å². The molecule has 4 rings (SSSR count). The van der Waals surface area contributed by atoms with Crippen LogP contribution in [0.3, 0.4) is 0 Å². The third-order valence-corrected chi connectivity index (χ3v) is 5.07. The first kappa shape index (κ1) is 22.1. The molecule has 0 aliphatic heterocycles. The summed E-state index contributed by atoms with van der Waals surface area (Å²) in [7, 11) is 0. The monoisotopic (exact) mass is 456 g/mol. The van der Waals surface area contributed by atoms with Crippen LogP contribution in [-0.2, 0) is 0 Å². The number of nitro benzene ring substituents is 2. The molecule has 0 atom stereocenters. The molecule has 2 aromatic rings. The molecule has 2 aromatic carbocycles. The van der Waals surface area contributed by atoms with Gasteiger partial charge in [-0.25, -0.2) is 0 Å². The van der Waals surface area contributed by atoms with Gasteiger partial charge in [0.2, 0.25) is 0 Å². The number of carbonyl (C=O) groups excluding carboxylic acids is 2. The predicted octanol–water partition coefficient (Wildman–Crippen LogP) is 5.11. The highest BCUT2D eigenvalue weighted by Gasteiger charge is 2.24. The number of amides is 2. The van der Waals surface area contributed by atoms with Gasteiger partial charge in [0.15, 0.2) is 0 Å². The number of anilines is 2. The number of benzene rings is 2. The number of fused-ring (bicyclic) bond motifs is 1. The van der Waals surface area contributed by atoms with Gasteiger partial charge < -0.3 is 10.6 Å². The Morgan fingerprint density at radius 3 is 1.32 bits per heavy atom. The van der Waals surface area contributed by atoms with Crippen LogP contribution in [-0.4, -0.2) is 21.7 Å². The second kappa shape index (κ2) is 9.17. The molecule has 34 heavy (non-hydrogen) atoms. The number of nitro groups is 2. The molecule has 10 nitrogen and oxygen atoms in total. The Morgan fingerprint density at radius 2 is 0.971 bits per heavy atom. The molecule has 2 amide bonds. The van der Waals surface area contributed by atoms with Crippen LogP contribution in [0, 0.1) is 20.2 Å². The summed E-state index contributed by atoms with van der Waals surface area (Å²) in [5.74, 6) is -0.973. The summed E-state index contributed by atoms with van der Waals surface area (Å²) in [6.07, 6.45) is 0. The van der Waals surface area contributed by atoms with Crippen molar-refractivity contribution in [1.29, 1.82) is 0 Å². The first-order valence-corrected chi connectivity index (χ1v) is 9.97. The van der Waals surface area contributed by atoms with E-state index >= 15 is 0 Å². The van der Waals surface area contributed by atoms with Crippen molar-refractivity contribution in [1.82, 2.24) is 0 Å². The molecule has 0 aromatic heterocycles. The van der Waals surface area contributed by atoms with E-state index in [1.54, 1.807) is 30.3 Å². The Hall–Kier alpha value is -5.12. The van der Waals surface area contributed by atoms with E-state index in [9.17, 15) is 29.8 Å². The van der Waals surface area contributed by atoms with Crippen molar-refractivity contribution in [2.45, 2.75) is 0 Å². The first-order chi connectivity index (χ1) is 16.3. The summed E-state index contributed by atoms with van der Waals surface area (Å²) in [5, 5.41) is 27.0. The minimum atomic E-state index is -0.536. The van der Waals surface area contributed by atoms with Gasteiger partial charge in [-0.1, -0.05) is 30.3 Å². The van der Waals surface area contributed by atoms with Gasteiger partial charge in [0.1, 0.15) is 0 Å². The second-order valence-corrected chi connectivity index (χ2v) is 7.23. The predicted molar refractivity (Wildman–Crippen MR) is 125 cm³/mol. The molecule has 0 heterocycles. The normalized spacial score (nSPS) is 10.5. The van der Waals surface area contributed by atoms with Crippen LogP contribution in [0.4, 0.5) is 22.7 Å². The van der Waals surface area contributed by atoms with Gasteiger partial charge in [-0.2, -0.15) is 0 Å². The number of rotatable bonds is 6. The quantitative estimate of drug-likeness (QED) is 0.305. The Morgan fingerprint density at radius 1 is 0.588 bits per heavy atom. The lowest BCUT2D eigenvalue weighted by Crippen LogP contribution is -2.12. The third kappa shape index (κ3) is 4.55. The van der Waals surface area contributed by atoms with E-state index in [0.717, 1.165) is 0 Å². The Bertz CT molecular complexity index is 1280. The summed E-state index contributed by atoms with van der Waals surface area (Å²) in [6, 6.07) is 20.9. The van der Waals surface area contributed by atoms with Crippen LogP contribution in [0.1, 0.15) is 20.7 Å². The molecule has 0 bridgehead atoms. The van der Waals surface area contributed by atoms with Crippen molar-refractivity contribution >= 4 is 34.6 Å². The van der Waals surface area contributed by atoms with Crippen LogP contribution in [0.5, 0.6) is 0 Å². The zero-order chi connectivity index (χ0) is 24.2. The maximum absolute atomic E-state index is 13.0. The average molecular weight is 456 g/mol. The van der Waals surface area contributed by atoms with E-state index in [-0.39, 0.29) is 22.5 Å². The van der Waals surface area contributed by atoms with Crippen molar-refractivity contribution in [3.8, 4) is 11.1 Å². The summed E-state index contributed by atoms with van der Waals surface area (Å²) >= 11 is 0. The lowest BCUT2D eigenvalue weighted by molar-refractivity contribution is -0.385. The standard InChI is InChI=1S/C24H16N4O6/c29-23(25-15-6-10-17(11-7-15)27(31)32)21-14-22(20-5-3-1-2-4-19(20)21)24(30)26-16-8-12-18(13-9-16)28(33)34/h1-14H,(H,25,29)(H,26,30). The average Bonchev–Trinajstić information content (AvgIpc) is 3.01. The van der Waals surface area contributed by atoms with Crippen molar-refractivity contribution in [2.75, 3.05) is 10.6 Å². The topological polar surface area (TPSA) is 144 Å². The van der Waals surface area contributed by atoms with E-state index < -0.39 is 21.7 Å². The SMILES string of the molecule is O=C(Nc1ccc([N+](=O)[O-])cc1)c1cc(C(=O)Nc2ccc([N+](=O)[O-])cc2)c2cccccc1-2. The number of hydrogen-bond acceptors (Lipinski definition) is 6. The summed E-state index contributed by atoms with van der Waals surface area (Å²) in [4.78, 5) is 46.6. The fourth-order valence-electron chi connectivity index (χ4n) is 3.42. The summed E-state index contributed by atoms with van der Waals surface area (Å²) < 4.78 is 0. The van der Waals surface area contributed by atoms with Gasteiger partial charge in [0.25, 0.3) is 23.2 Å². The fraction of sp³-hybridized carbons (Fsp3) is 0. The number of nitrogens with zero attached hydrogens (tertiary/aromatic N) is 2. The van der Waals surface area contributed by atoms with Gasteiger partial charge in [-0.15, -0.1) is 0 Å². The molecule has 0 saturated heterocycles. The zero-order valence-electron chi connectivity index (χ0n) is 17.4. The van der Waals surface area contributed by atoms with Gasteiger partial charge in [0.05, 0.1) is 9.85 Å². The minimum Gasteiger partial charge on any atom is -0.322 e. The maximum atomic E-state index is 13.0. The van der Waals surface area contributed by atoms with E-state index in [2.05, 4.69) is 10.6 Å². The molecule has 0 radical (unpaired) electrons. The van der Waals surface area contributed by atoms with Crippen LogP contribution in [0.2, 0.25) is 0 Å². The van der Waals surface area contributed by atoms with Crippen LogP contribution >= 0.6 is 0 Å². The third-order valence-electron chi connectivity index (χ3n) is 5.07. The first-order valence-electron chi connectivity index (χ1n) is 9.97. The molecule has 0 saturated carbocycles. The lowest BCUT2D eigenvalue weighted by atomic mass is 10.1. The van der Waals surface area contributed by atoms with Crippen molar-refractivity contribution in [3.05, 3.63) is 116 Å². The van der Waals surface area contributed by atoms with Gasteiger partial charge in [-0.05, 0) is 41.5 Å². The van der Waals surface area contributed by atoms with Crippen molar-refractivity contribution in [3.63, 3.8) is 0 Å². The van der Waals surface area contributed by atoms with E-state index in [1.165, 1.54) is 54.6 Å². The lowest BCUT2D eigenvalue weighted by Gasteiger charge is -2.06. The Kier molecular flexibility index (Phi) is 5.95. The van der Waals surface area contributed by atoms with Gasteiger partial charge in [-0.3, -0.25) is 29.8 Å². The molecule has 0 spiro atoms. The molecular weight excluding hydrogens is 440 g/mol. The van der Waals surface area contributed by atoms with E-state index in [4.69, 9.17) is 0 Å². The Balaban J connectivity index is 1.62. The molecular formula is C24H16N4O6. The number of hydrogen-bond donors (Lipinski definition) is 2. The highest BCUT2D eigenvalue weighted by molar-refractivity contribution is 6.17. The highest BCUT2D eigenvalue weighted by Crippen LogP contribution is 2.33. The number of non-ortho nitro benzene ring substituents is 2. The summed E-state index contributed by atoms with van der Waals surface area (Å²) in [5.41, 5.74) is 2.10. The number of nitrogens with one attached hydrogen (secondary N) is 2. The van der Waals surface area contributed by atoms with E-state index in [1.807, 2.05) is 0 Å². The van der Waals surface area contributed by atoms with Crippen LogP contribution < -0.4 is 10.6 Å². The fourth-order valence-corrected chi connectivity index (χ4v) is 3.42. The zero-order valence-corrected chi connectivity index (χ0v) is 17.4. The van der Waals surface area contributed by atoms with Crippen molar-refractivity contribution in [2.24, 2.45) is 0 Å². The Labute approximate surface area is 192 Å². The van der Waals surface area contributed by atoms with Gasteiger partial charge in [0, 0.05) is 46.8 Å². The maximum Gasteiger partial charge on any atom is 0.269 e.